The lowest BCUT2D eigenvalue weighted by molar-refractivity contribution is 0.0953. The summed E-state index contributed by atoms with van der Waals surface area (Å²) in [5.41, 5.74) is 5.11. The van der Waals surface area contributed by atoms with E-state index in [1.807, 2.05) is 6.07 Å². The zero-order valence-corrected chi connectivity index (χ0v) is 16.6. The van der Waals surface area contributed by atoms with Gasteiger partial charge in [0.05, 0.1) is 22.1 Å². The minimum atomic E-state index is -0.104. The number of aryl methyl sites for hydroxylation is 1. The van der Waals surface area contributed by atoms with Crippen LogP contribution in [0.15, 0.2) is 53.3 Å². The molecule has 0 radical (unpaired) electrons. The maximum Gasteiger partial charge on any atom is 0.255 e. The van der Waals surface area contributed by atoms with Crippen LogP contribution in [0, 0.1) is 0 Å². The van der Waals surface area contributed by atoms with Crippen LogP contribution in [0.5, 0.6) is 0 Å². The number of pyridine rings is 1. The van der Waals surface area contributed by atoms with Gasteiger partial charge in [-0.15, -0.1) is 0 Å². The zero-order chi connectivity index (χ0) is 19.5. The van der Waals surface area contributed by atoms with E-state index in [0.717, 1.165) is 59.3 Å². The number of piperidine rings is 1. The van der Waals surface area contributed by atoms with E-state index in [4.69, 9.17) is 4.98 Å². The number of aromatic nitrogens is 3. The molecule has 1 N–H and O–H groups in total. The number of para-hydroxylation sites is 3. The monoisotopic (exact) mass is 384 g/mol. The van der Waals surface area contributed by atoms with Crippen LogP contribution in [0.2, 0.25) is 0 Å². The topological polar surface area (TPSA) is 53.9 Å². The molecule has 5 nitrogen and oxygen atoms in total. The third kappa shape index (κ3) is 2.43. The number of benzene rings is 2. The Morgan fingerprint density at radius 2 is 2.07 bits per heavy atom. The summed E-state index contributed by atoms with van der Waals surface area (Å²) in [6.45, 7) is 4.11. The van der Waals surface area contributed by atoms with Crippen LogP contribution >= 0.6 is 0 Å². The number of hydrogen-bond acceptors (Lipinski definition) is 3. The van der Waals surface area contributed by atoms with Crippen LogP contribution in [0.3, 0.4) is 0 Å². The van der Waals surface area contributed by atoms with Crippen molar-refractivity contribution in [3.05, 3.63) is 75.8 Å². The van der Waals surface area contributed by atoms with Gasteiger partial charge >= 0.3 is 0 Å². The van der Waals surface area contributed by atoms with Gasteiger partial charge in [0.25, 0.3) is 5.56 Å². The van der Waals surface area contributed by atoms with E-state index < -0.39 is 0 Å². The zero-order valence-electron chi connectivity index (χ0n) is 16.6. The van der Waals surface area contributed by atoms with Gasteiger partial charge in [-0.2, -0.15) is 0 Å². The third-order valence-electron chi connectivity index (χ3n) is 6.69. The standard InChI is InChI=1S/C24H24N4O/c1-2-15-7-5-8-16-13-18(23(29)26-21(15)16)24-27-12-6-9-17(14-27)22-25-19-10-3-4-11-20(19)28(22)24/h3-5,7-8,10-11,13,17,24H,2,6,9,12,14H2,1H3,(H,26,29)/t17-,24+/m0/s1. The lowest BCUT2D eigenvalue weighted by atomic mass is 9.92. The molecule has 2 bridgehead atoms. The van der Waals surface area contributed by atoms with Crippen molar-refractivity contribution in [2.75, 3.05) is 13.1 Å². The van der Waals surface area contributed by atoms with Gasteiger partial charge in [-0.1, -0.05) is 37.3 Å². The molecule has 2 aliphatic rings. The van der Waals surface area contributed by atoms with Crippen molar-refractivity contribution in [1.29, 1.82) is 0 Å². The Hall–Kier alpha value is -2.92. The summed E-state index contributed by atoms with van der Waals surface area (Å²) in [4.78, 5) is 24.0. The van der Waals surface area contributed by atoms with Crippen molar-refractivity contribution in [3.8, 4) is 0 Å². The normalized spacial score (nSPS) is 23.4. The average molecular weight is 384 g/mol. The second-order valence-corrected chi connectivity index (χ2v) is 8.33. The molecule has 2 aromatic carbocycles. The van der Waals surface area contributed by atoms with Crippen molar-refractivity contribution in [2.45, 2.75) is 38.3 Å². The minimum Gasteiger partial charge on any atom is -0.321 e. The molecule has 0 spiro atoms. The molecule has 29 heavy (non-hydrogen) atoms. The number of H-pyrrole nitrogens is 1. The maximum atomic E-state index is 13.3. The van der Waals surface area contributed by atoms with Crippen molar-refractivity contribution in [2.24, 2.45) is 0 Å². The predicted octanol–water partition coefficient (Wildman–Crippen LogP) is 4.18. The van der Waals surface area contributed by atoms with Crippen molar-refractivity contribution < 1.29 is 0 Å². The largest absolute Gasteiger partial charge is 0.321 e. The molecule has 0 saturated carbocycles. The molecule has 3 atom stereocenters. The Bertz CT molecular complexity index is 1300. The highest BCUT2D eigenvalue weighted by Crippen LogP contribution is 2.41. The molecule has 2 aliphatic heterocycles. The Morgan fingerprint density at radius 1 is 1.17 bits per heavy atom. The molecular weight excluding hydrogens is 360 g/mol. The van der Waals surface area contributed by atoms with E-state index in [1.54, 1.807) is 0 Å². The molecule has 0 amide bonds. The van der Waals surface area contributed by atoms with E-state index in [-0.39, 0.29) is 11.7 Å². The fraction of sp³-hybridized carbons (Fsp3) is 0.333. The highest BCUT2D eigenvalue weighted by Gasteiger charge is 2.39. The fourth-order valence-corrected chi connectivity index (χ4v) is 5.34. The first-order valence-electron chi connectivity index (χ1n) is 10.6. The van der Waals surface area contributed by atoms with Crippen LogP contribution in [-0.2, 0) is 6.42 Å². The van der Waals surface area contributed by atoms with Crippen LogP contribution < -0.4 is 5.56 Å². The average Bonchev–Trinajstić information content (AvgIpc) is 3.14. The summed E-state index contributed by atoms with van der Waals surface area (Å²) >= 11 is 0. The molecule has 1 saturated heterocycles. The van der Waals surface area contributed by atoms with Gasteiger partial charge in [-0.25, -0.2) is 4.98 Å². The van der Waals surface area contributed by atoms with E-state index in [9.17, 15) is 4.79 Å². The number of hydrogen-bond donors (Lipinski definition) is 1. The molecule has 6 rings (SSSR count). The van der Waals surface area contributed by atoms with Crippen molar-refractivity contribution in [3.63, 3.8) is 0 Å². The van der Waals surface area contributed by atoms with Gasteiger partial charge in [0, 0.05) is 19.0 Å². The first kappa shape index (κ1) is 17.0. The van der Waals surface area contributed by atoms with Crippen LogP contribution in [-0.4, -0.2) is 32.5 Å². The number of imidazole rings is 1. The van der Waals surface area contributed by atoms with Gasteiger partial charge < -0.3 is 9.55 Å². The van der Waals surface area contributed by atoms with Crippen molar-refractivity contribution in [1.82, 2.24) is 19.4 Å². The minimum absolute atomic E-state index is 0.0103. The van der Waals surface area contributed by atoms with E-state index in [0.29, 0.717) is 5.92 Å². The quantitative estimate of drug-likeness (QED) is 0.564. The Balaban J connectivity index is 1.64. The van der Waals surface area contributed by atoms with Gasteiger partial charge in [-0.05, 0) is 48.4 Å². The van der Waals surface area contributed by atoms with E-state index in [1.165, 1.54) is 12.0 Å². The number of fused-ring (bicyclic) bond motifs is 7. The van der Waals surface area contributed by atoms with Crippen LogP contribution in [0.25, 0.3) is 21.9 Å². The van der Waals surface area contributed by atoms with E-state index in [2.05, 4.69) is 63.8 Å². The Labute approximate surface area is 169 Å². The number of rotatable bonds is 2. The fourth-order valence-electron chi connectivity index (χ4n) is 5.34. The van der Waals surface area contributed by atoms with Crippen molar-refractivity contribution >= 4 is 21.9 Å². The molecule has 4 heterocycles. The highest BCUT2D eigenvalue weighted by molar-refractivity contribution is 5.82. The second-order valence-electron chi connectivity index (χ2n) is 8.33. The van der Waals surface area contributed by atoms with Crippen LogP contribution in [0.4, 0.5) is 0 Å². The lowest BCUT2D eigenvalue weighted by Gasteiger charge is -2.44. The lowest BCUT2D eigenvalue weighted by Crippen LogP contribution is -2.47. The summed E-state index contributed by atoms with van der Waals surface area (Å²) in [7, 11) is 0. The first-order valence-corrected chi connectivity index (χ1v) is 10.6. The molecule has 1 fully saturated rings. The molecule has 146 valence electrons. The SMILES string of the molecule is CCc1cccc2cc([C@@H]3N4CCC[C@@H](C4)c4nc5ccccc5n43)c(=O)[nH]c12. The summed E-state index contributed by atoms with van der Waals surface area (Å²) in [6.07, 6.45) is 3.11. The molecule has 0 aliphatic carbocycles. The summed E-state index contributed by atoms with van der Waals surface area (Å²) in [5, 5.41) is 1.10. The van der Waals surface area contributed by atoms with Gasteiger partial charge in [-0.3, -0.25) is 9.69 Å². The Morgan fingerprint density at radius 3 is 2.97 bits per heavy atom. The second kappa shape index (κ2) is 6.29. The Kier molecular flexibility index (Phi) is 3.68. The predicted molar refractivity (Wildman–Crippen MR) is 115 cm³/mol. The summed E-state index contributed by atoms with van der Waals surface area (Å²) < 4.78 is 2.32. The number of nitrogens with zero attached hydrogens (tertiary/aromatic N) is 3. The molecule has 5 heteroatoms. The number of nitrogens with one attached hydrogen (secondary N) is 1. The molecule has 2 aromatic heterocycles. The molecule has 4 aromatic rings. The first-order chi connectivity index (χ1) is 14.2. The molecular formula is C24H24N4O. The van der Waals surface area contributed by atoms with E-state index >= 15 is 0 Å². The third-order valence-corrected chi connectivity index (χ3v) is 6.69. The van der Waals surface area contributed by atoms with Crippen LogP contribution in [0.1, 0.15) is 48.8 Å². The van der Waals surface area contributed by atoms with Gasteiger partial charge in [0.1, 0.15) is 12.0 Å². The van der Waals surface area contributed by atoms with Gasteiger partial charge in [0.15, 0.2) is 0 Å². The van der Waals surface area contributed by atoms with Gasteiger partial charge in [0.2, 0.25) is 0 Å². The number of aromatic amines is 1. The smallest absolute Gasteiger partial charge is 0.255 e. The maximum absolute atomic E-state index is 13.3. The molecule has 1 unspecified atom stereocenters. The summed E-state index contributed by atoms with van der Waals surface area (Å²) in [6, 6.07) is 16.7. The highest BCUT2D eigenvalue weighted by atomic mass is 16.1. The summed E-state index contributed by atoms with van der Waals surface area (Å²) in [5.74, 6) is 1.58.